The predicted octanol–water partition coefficient (Wildman–Crippen LogP) is 2.46. The van der Waals surface area contributed by atoms with Crippen molar-refractivity contribution in [2.45, 2.75) is 32.4 Å². The summed E-state index contributed by atoms with van der Waals surface area (Å²) >= 11 is 1.60. The summed E-state index contributed by atoms with van der Waals surface area (Å²) in [5.41, 5.74) is 1.90. The molecular formula is C14H19N3OS. The minimum absolute atomic E-state index is 0.265. The molecule has 2 aromatic rings. The molecule has 2 aromatic heterocycles. The second kappa shape index (κ2) is 7.33. The third kappa shape index (κ3) is 4.38. The van der Waals surface area contributed by atoms with Crippen molar-refractivity contribution < 1.29 is 5.11 Å². The van der Waals surface area contributed by atoms with Crippen molar-refractivity contribution in [1.29, 1.82) is 0 Å². The molecule has 0 radical (unpaired) electrons. The van der Waals surface area contributed by atoms with Gasteiger partial charge in [0.05, 0.1) is 17.5 Å². The van der Waals surface area contributed by atoms with Gasteiger partial charge in [0.25, 0.3) is 0 Å². The molecule has 0 amide bonds. The van der Waals surface area contributed by atoms with E-state index in [0.717, 1.165) is 29.2 Å². The second-order valence-corrected chi connectivity index (χ2v) is 5.29. The van der Waals surface area contributed by atoms with Crippen LogP contribution in [0.4, 0.5) is 0 Å². The highest BCUT2D eigenvalue weighted by Gasteiger charge is 2.06. The molecule has 4 nitrogen and oxygen atoms in total. The number of pyridine rings is 1. The van der Waals surface area contributed by atoms with Gasteiger partial charge in [-0.3, -0.25) is 4.98 Å². The van der Waals surface area contributed by atoms with Crippen LogP contribution >= 0.6 is 11.3 Å². The van der Waals surface area contributed by atoms with Crippen molar-refractivity contribution in [1.82, 2.24) is 15.3 Å². The van der Waals surface area contributed by atoms with Crippen LogP contribution in [0, 0.1) is 0 Å². The number of aliphatic hydroxyl groups is 1. The van der Waals surface area contributed by atoms with Crippen LogP contribution in [-0.4, -0.2) is 27.7 Å². The van der Waals surface area contributed by atoms with Gasteiger partial charge >= 0.3 is 0 Å². The van der Waals surface area contributed by atoms with E-state index in [-0.39, 0.29) is 6.10 Å². The predicted molar refractivity (Wildman–Crippen MR) is 78.0 cm³/mol. The van der Waals surface area contributed by atoms with Crippen molar-refractivity contribution in [2.24, 2.45) is 0 Å². The molecule has 2 heterocycles. The van der Waals surface area contributed by atoms with Gasteiger partial charge in [0, 0.05) is 24.7 Å². The zero-order valence-corrected chi connectivity index (χ0v) is 11.9. The molecule has 2 rings (SSSR count). The van der Waals surface area contributed by atoms with Gasteiger partial charge in [0.2, 0.25) is 0 Å². The highest BCUT2D eigenvalue weighted by atomic mass is 32.1. The lowest BCUT2D eigenvalue weighted by atomic mass is 10.2. The maximum Gasteiger partial charge on any atom is 0.142 e. The van der Waals surface area contributed by atoms with Gasteiger partial charge in [0.1, 0.15) is 5.01 Å². The standard InChI is InChI=1S/C14H19N3OS/c1-2-5-12(18)9-15-8-11-10-19-14(17-11)13-6-3-4-7-16-13/h3-4,6-7,10,12,15,18H,2,5,8-9H2,1H3. The molecule has 1 atom stereocenters. The number of nitrogens with zero attached hydrogens (tertiary/aromatic N) is 2. The molecule has 5 heteroatoms. The fraction of sp³-hybridized carbons (Fsp3) is 0.429. The van der Waals surface area contributed by atoms with E-state index in [1.165, 1.54) is 0 Å². The van der Waals surface area contributed by atoms with E-state index in [9.17, 15) is 5.11 Å². The molecule has 0 fully saturated rings. The van der Waals surface area contributed by atoms with E-state index in [1.54, 1.807) is 17.5 Å². The molecule has 0 aromatic carbocycles. The maximum absolute atomic E-state index is 9.62. The molecule has 0 aliphatic carbocycles. The van der Waals surface area contributed by atoms with Crippen LogP contribution < -0.4 is 5.32 Å². The molecule has 0 bridgehead atoms. The number of rotatable bonds is 7. The number of aliphatic hydroxyl groups excluding tert-OH is 1. The summed E-state index contributed by atoms with van der Waals surface area (Å²) in [6.45, 7) is 3.37. The number of thiazole rings is 1. The van der Waals surface area contributed by atoms with Crippen molar-refractivity contribution in [3.8, 4) is 10.7 Å². The van der Waals surface area contributed by atoms with E-state index in [0.29, 0.717) is 13.1 Å². The van der Waals surface area contributed by atoms with Crippen molar-refractivity contribution in [3.63, 3.8) is 0 Å². The molecule has 2 N–H and O–H groups in total. The fourth-order valence-corrected chi connectivity index (χ4v) is 2.59. The van der Waals surface area contributed by atoms with Gasteiger partial charge < -0.3 is 10.4 Å². The monoisotopic (exact) mass is 277 g/mol. The van der Waals surface area contributed by atoms with Crippen molar-refractivity contribution in [3.05, 3.63) is 35.5 Å². The number of hydrogen-bond acceptors (Lipinski definition) is 5. The zero-order valence-electron chi connectivity index (χ0n) is 11.0. The van der Waals surface area contributed by atoms with Crippen LogP contribution in [0.25, 0.3) is 10.7 Å². The Bertz CT molecular complexity index is 486. The molecule has 0 aliphatic heterocycles. The number of nitrogens with one attached hydrogen (secondary N) is 1. The molecule has 19 heavy (non-hydrogen) atoms. The van der Waals surface area contributed by atoms with Gasteiger partial charge in [-0.05, 0) is 18.6 Å². The summed E-state index contributed by atoms with van der Waals surface area (Å²) in [7, 11) is 0. The molecule has 0 saturated carbocycles. The van der Waals surface area contributed by atoms with E-state index in [4.69, 9.17) is 0 Å². The Hall–Kier alpha value is -1.30. The Labute approximate surface area is 117 Å². The Morgan fingerprint density at radius 2 is 2.32 bits per heavy atom. The minimum Gasteiger partial charge on any atom is -0.392 e. The highest BCUT2D eigenvalue weighted by molar-refractivity contribution is 7.13. The topological polar surface area (TPSA) is 58.0 Å². The van der Waals surface area contributed by atoms with Gasteiger partial charge in [-0.1, -0.05) is 19.4 Å². The molecule has 0 aliphatic rings. The summed E-state index contributed by atoms with van der Waals surface area (Å²) in [5, 5.41) is 15.8. The van der Waals surface area contributed by atoms with Crippen LogP contribution in [0.15, 0.2) is 29.8 Å². The largest absolute Gasteiger partial charge is 0.392 e. The van der Waals surface area contributed by atoms with E-state index < -0.39 is 0 Å². The average molecular weight is 277 g/mol. The highest BCUT2D eigenvalue weighted by Crippen LogP contribution is 2.21. The minimum atomic E-state index is -0.265. The van der Waals surface area contributed by atoms with Gasteiger partial charge in [-0.15, -0.1) is 11.3 Å². The Morgan fingerprint density at radius 1 is 1.42 bits per heavy atom. The second-order valence-electron chi connectivity index (χ2n) is 4.43. The zero-order chi connectivity index (χ0) is 13.5. The Balaban J connectivity index is 1.85. The van der Waals surface area contributed by atoms with Gasteiger partial charge in [-0.25, -0.2) is 4.98 Å². The summed E-state index contributed by atoms with van der Waals surface area (Å²) in [5.74, 6) is 0. The smallest absolute Gasteiger partial charge is 0.142 e. The Morgan fingerprint density at radius 3 is 3.05 bits per heavy atom. The summed E-state index contributed by atoms with van der Waals surface area (Å²) < 4.78 is 0. The first-order chi connectivity index (χ1) is 9.29. The maximum atomic E-state index is 9.62. The Kier molecular flexibility index (Phi) is 5.44. The van der Waals surface area contributed by atoms with Crippen LogP contribution in [0.2, 0.25) is 0 Å². The van der Waals surface area contributed by atoms with Crippen molar-refractivity contribution in [2.75, 3.05) is 6.54 Å². The fourth-order valence-electron chi connectivity index (χ4n) is 1.80. The molecular weight excluding hydrogens is 258 g/mol. The van der Waals surface area contributed by atoms with Gasteiger partial charge in [-0.2, -0.15) is 0 Å². The first kappa shape index (κ1) is 14.1. The lowest BCUT2D eigenvalue weighted by Crippen LogP contribution is -2.26. The summed E-state index contributed by atoms with van der Waals surface area (Å²) in [4.78, 5) is 8.82. The third-order valence-corrected chi connectivity index (χ3v) is 3.66. The molecule has 1 unspecified atom stereocenters. The van der Waals surface area contributed by atoms with E-state index in [2.05, 4.69) is 22.2 Å². The third-order valence-electron chi connectivity index (χ3n) is 2.74. The van der Waals surface area contributed by atoms with Crippen LogP contribution in [0.5, 0.6) is 0 Å². The molecule has 0 saturated heterocycles. The summed E-state index contributed by atoms with van der Waals surface area (Å²) in [6, 6.07) is 5.82. The van der Waals surface area contributed by atoms with E-state index >= 15 is 0 Å². The molecule has 0 spiro atoms. The van der Waals surface area contributed by atoms with E-state index in [1.807, 2.05) is 23.6 Å². The summed E-state index contributed by atoms with van der Waals surface area (Å²) in [6.07, 6.45) is 3.35. The first-order valence-corrected chi connectivity index (χ1v) is 7.42. The van der Waals surface area contributed by atoms with Crippen LogP contribution in [0.1, 0.15) is 25.5 Å². The van der Waals surface area contributed by atoms with Crippen molar-refractivity contribution >= 4 is 11.3 Å². The van der Waals surface area contributed by atoms with Crippen LogP contribution in [-0.2, 0) is 6.54 Å². The lowest BCUT2D eigenvalue weighted by molar-refractivity contribution is 0.160. The van der Waals surface area contributed by atoms with Crippen LogP contribution in [0.3, 0.4) is 0 Å². The first-order valence-electron chi connectivity index (χ1n) is 6.54. The quantitative estimate of drug-likeness (QED) is 0.816. The molecule has 102 valence electrons. The van der Waals surface area contributed by atoms with Gasteiger partial charge in [0.15, 0.2) is 0 Å². The number of hydrogen-bond donors (Lipinski definition) is 2. The SMILES string of the molecule is CCCC(O)CNCc1csc(-c2ccccn2)n1. The average Bonchev–Trinajstić information content (AvgIpc) is 2.89. The lowest BCUT2D eigenvalue weighted by Gasteiger charge is -2.09. The number of aromatic nitrogens is 2. The normalized spacial score (nSPS) is 12.5.